The molecule has 2 heterocycles. The summed E-state index contributed by atoms with van der Waals surface area (Å²) >= 11 is 0. The lowest BCUT2D eigenvalue weighted by Crippen LogP contribution is -2.36. The Labute approximate surface area is 127 Å². The van der Waals surface area contributed by atoms with E-state index in [9.17, 15) is 0 Å². The molecule has 0 saturated carbocycles. The number of fused-ring (bicyclic) bond motifs is 1. The third kappa shape index (κ3) is 3.39. The zero-order valence-electron chi connectivity index (χ0n) is 12.9. The average molecular weight is 290 g/mol. The smallest absolute Gasteiger partial charge is 0.122 e. The zero-order chi connectivity index (χ0) is 14.7. The van der Waals surface area contributed by atoms with E-state index in [0.29, 0.717) is 12.6 Å². The fraction of sp³-hybridized carbons (Fsp3) is 0.647. The standard InChI is InChI=1S/C17H26N2O2/c1-19(12-13-4-7-20-8-5-13)16(11-18)14-2-3-17-15(10-14)6-9-21-17/h2-3,10,13,16H,4-9,11-12,18H2,1H3. The van der Waals surface area contributed by atoms with Gasteiger partial charge in [-0.1, -0.05) is 12.1 Å². The molecule has 0 aliphatic carbocycles. The summed E-state index contributed by atoms with van der Waals surface area (Å²) in [7, 11) is 2.19. The van der Waals surface area contributed by atoms with Crippen LogP contribution in [0.2, 0.25) is 0 Å². The molecule has 2 aliphatic heterocycles. The molecule has 3 rings (SSSR count). The Balaban J connectivity index is 1.68. The maximum Gasteiger partial charge on any atom is 0.122 e. The summed E-state index contributed by atoms with van der Waals surface area (Å²) in [5.41, 5.74) is 8.70. The molecule has 116 valence electrons. The van der Waals surface area contributed by atoms with Gasteiger partial charge in [0.25, 0.3) is 0 Å². The van der Waals surface area contributed by atoms with Gasteiger partial charge in [0.05, 0.1) is 6.61 Å². The van der Waals surface area contributed by atoms with Gasteiger partial charge in [-0.2, -0.15) is 0 Å². The SMILES string of the molecule is CN(CC1CCOCC1)C(CN)c1ccc2c(c1)CCO2. The highest BCUT2D eigenvalue weighted by Gasteiger charge is 2.22. The molecule has 1 unspecified atom stereocenters. The Morgan fingerprint density at radius 2 is 2.10 bits per heavy atom. The van der Waals surface area contributed by atoms with Gasteiger partial charge in [0.15, 0.2) is 0 Å². The van der Waals surface area contributed by atoms with E-state index in [-0.39, 0.29) is 0 Å². The van der Waals surface area contributed by atoms with Crippen LogP contribution in [0.3, 0.4) is 0 Å². The lowest BCUT2D eigenvalue weighted by Gasteiger charge is -2.32. The zero-order valence-corrected chi connectivity index (χ0v) is 12.9. The minimum atomic E-state index is 0.291. The van der Waals surface area contributed by atoms with Crippen LogP contribution in [0.1, 0.15) is 30.0 Å². The van der Waals surface area contributed by atoms with Crippen LogP contribution in [-0.2, 0) is 11.2 Å². The van der Waals surface area contributed by atoms with Crippen molar-refractivity contribution in [2.24, 2.45) is 11.7 Å². The molecule has 0 radical (unpaired) electrons. The molecule has 1 atom stereocenters. The topological polar surface area (TPSA) is 47.7 Å². The predicted molar refractivity (Wildman–Crippen MR) is 83.6 cm³/mol. The third-order valence-electron chi connectivity index (χ3n) is 4.74. The van der Waals surface area contributed by atoms with E-state index in [1.807, 2.05) is 0 Å². The summed E-state index contributed by atoms with van der Waals surface area (Å²) in [6.07, 6.45) is 3.35. The fourth-order valence-electron chi connectivity index (χ4n) is 3.45. The second kappa shape index (κ2) is 6.77. The van der Waals surface area contributed by atoms with Crippen molar-refractivity contribution in [2.75, 3.05) is 40.0 Å². The van der Waals surface area contributed by atoms with Crippen LogP contribution in [0, 0.1) is 5.92 Å². The van der Waals surface area contributed by atoms with Crippen molar-refractivity contribution in [3.8, 4) is 5.75 Å². The van der Waals surface area contributed by atoms with Crippen LogP contribution >= 0.6 is 0 Å². The van der Waals surface area contributed by atoms with Gasteiger partial charge in [-0.15, -0.1) is 0 Å². The molecule has 0 aromatic heterocycles. The maximum atomic E-state index is 6.06. The molecule has 2 N–H and O–H groups in total. The second-order valence-electron chi connectivity index (χ2n) is 6.21. The number of ether oxygens (including phenoxy) is 2. The molecule has 2 aliphatic rings. The highest BCUT2D eigenvalue weighted by atomic mass is 16.5. The largest absolute Gasteiger partial charge is 0.493 e. The molecule has 0 amide bonds. The molecule has 1 saturated heterocycles. The lowest BCUT2D eigenvalue weighted by atomic mass is 9.97. The summed E-state index contributed by atoms with van der Waals surface area (Å²) < 4.78 is 11.0. The lowest BCUT2D eigenvalue weighted by molar-refractivity contribution is 0.0507. The number of nitrogens with zero attached hydrogens (tertiary/aromatic N) is 1. The van der Waals surface area contributed by atoms with Gasteiger partial charge in [0, 0.05) is 38.8 Å². The first kappa shape index (κ1) is 14.8. The molecule has 1 aromatic rings. The van der Waals surface area contributed by atoms with E-state index in [0.717, 1.165) is 44.5 Å². The minimum Gasteiger partial charge on any atom is -0.493 e. The summed E-state index contributed by atoms with van der Waals surface area (Å²) in [6.45, 7) is 4.37. The van der Waals surface area contributed by atoms with Crippen LogP contribution in [0.15, 0.2) is 18.2 Å². The highest BCUT2D eigenvalue weighted by molar-refractivity contribution is 5.40. The van der Waals surface area contributed by atoms with Crippen molar-refractivity contribution in [1.82, 2.24) is 4.90 Å². The monoisotopic (exact) mass is 290 g/mol. The first-order valence-electron chi connectivity index (χ1n) is 8.01. The van der Waals surface area contributed by atoms with Crippen LogP contribution in [0.4, 0.5) is 0 Å². The first-order chi connectivity index (χ1) is 10.3. The minimum absolute atomic E-state index is 0.291. The van der Waals surface area contributed by atoms with Crippen molar-refractivity contribution < 1.29 is 9.47 Å². The van der Waals surface area contributed by atoms with Gasteiger partial charge < -0.3 is 15.2 Å². The van der Waals surface area contributed by atoms with Gasteiger partial charge in [0.1, 0.15) is 5.75 Å². The molecular weight excluding hydrogens is 264 g/mol. The Morgan fingerprint density at radius 1 is 1.29 bits per heavy atom. The average Bonchev–Trinajstić information content (AvgIpc) is 2.96. The molecule has 1 aromatic carbocycles. The molecule has 4 nitrogen and oxygen atoms in total. The normalized spacial score (nSPS) is 20.3. The number of hydrogen-bond acceptors (Lipinski definition) is 4. The predicted octanol–water partition coefficient (Wildman–Crippen LogP) is 1.98. The number of nitrogens with two attached hydrogens (primary N) is 1. The second-order valence-corrected chi connectivity index (χ2v) is 6.21. The maximum absolute atomic E-state index is 6.06. The van der Waals surface area contributed by atoms with Crippen molar-refractivity contribution in [2.45, 2.75) is 25.3 Å². The van der Waals surface area contributed by atoms with E-state index >= 15 is 0 Å². The van der Waals surface area contributed by atoms with E-state index < -0.39 is 0 Å². The van der Waals surface area contributed by atoms with Gasteiger partial charge >= 0.3 is 0 Å². The number of likely N-dealkylation sites (N-methyl/N-ethyl adjacent to an activating group) is 1. The molecule has 0 bridgehead atoms. The van der Waals surface area contributed by atoms with Gasteiger partial charge in [-0.05, 0) is 43.0 Å². The van der Waals surface area contributed by atoms with Gasteiger partial charge in [-0.25, -0.2) is 0 Å². The number of rotatable bonds is 5. The fourth-order valence-corrected chi connectivity index (χ4v) is 3.45. The van der Waals surface area contributed by atoms with E-state index in [1.165, 1.54) is 24.0 Å². The molecular formula is C17H26N2O2. The summed E-state index contributed by atoms with van der Waals surface area (Å²) in [5.74, 6) is 1.78. The van der Waals surface area contributed by atoms with Crippen molar-refractivity contribution >= 4 is 0 Å². The Kier molecular flexibility index (Phi) is 4.78. The molecule has 21 heavy (non-hydrogen) atoms. The Bertz CT molecular complexity index is 472. The van der Waals surface area contributed by atoms with Gasteiger partial charge in [0.2, 0.25) is 0 Å². The number of benzene rings is 1. The molecule has 0 spiro atoms. The van der Waals surface area contributed by atoms with Crippen molar-refractivity contribution in [3.05, 3.63) is 29.3 Å². The van der Waals surface area contributed by atoms with Crippen LogP contribution < -0.4 is 10.5 Å². The van der Waals surface area contributed by atoms with Gasteiger partial charge in [-0.3, -0.25) is 4.90 Å². The summed E-state index contributed by atoms with van der Waals surface area (Å²) in [6, 6.07) is 6.84. The van der Waals surface area contributed by atoms with Crippen molar-refractivity contribution in [3.63, 3.8) is 0 Å². The van der Waals surface area contributed by atoms with Crippen LogP contribution in [-0.4, -0.2) is 44.9 Å². The van der Waals surface area contributed by atoms with E-state index in [2.05, 4.69) is 30.1 Å². The van der Waals surface area contributed by atoms with Crippen LogP contribution in [0.5, 0.6) is 5.75 Å². The molecule has 1 fully saturated rings. The van der Waals surface area contributed by atoms with E-state index in [4.69, 9.17) is 15.2 Å². The van der Waals surface area contributed by atoms with Crippen LogP contribution in [0.25, 0.3) is 0 Å². The Morgan fingerprint density at radius 3 is 2.86 bits per heavy atom. The summed E-state index contributed by atoms with van der Waals surface area (Å²) in [4.78, 5) is 2.41. The number of hydrogen-bond donors (Lipinski definition) is 1. The van der Waals surface area contributed by atoms with Crippen molar-refractivity contribution in [1.29, 1.82) is 0 Å². The Hall–Kier alpha value is -1.10. The third-order valence-corrected chi connectivity index (χ3v) is 4.74. The first-order valence-corrected chi connectivity index (χ1v) is 8.01. The van der Waals surface area contributed by atoms with E-state index in [1.54, 1.807) is 0 Å². The molecule has 4 heteroatoms. The quantitative estimate of drug-likeness (QED) is 0.901. The summed E-state index contributed by atoms with van der Waals surface area (Å²) in [5, 5.41) is 0. The highest BCUT2D eigenvalue weighted by Crippen LogP contribution is 2.30.